The van der Waals surface area contributed by atoms with Gasteiger partial charge < -0.3 is 10.2 Å². The van der Waals surface area contributed by atoms with Gasteiger partial charge in [-0.1, -0.05) is 67.0 Å². The van der Waals surface area contributed by atoms with Crippen LogP contribution in [0.15, 0.2) is 12.2 Å². The summed E-state index contributed by atoms with van der Waals surface area (Å²) in [6.07, 6.45) is 22.9. The number of allylic oxidation sites excluding steroid dienone is 1. The van der Waals surface area contributed by atoms with Gasteiger partial charge in [0, 0.05) is 0 Å². The zero-order valence-electron chi connectivity index (χ0n) is 32.6. The van der Waals surface area contributed by atoms with Gasteiger partial charge in [0.15, 0.2) is 0 Å². The number of aliphatic hydroxyl groups is 1. The van der Waals surface area contributed by atoms with E-state index in [0.29, 0.717) is 5.41 Å². The fraction of sp³-hybridized carbons (Fsp3) is 0.933. The van der Waals surface area contributed by atoms with Crippen molar-refractivity contribution in [3.05, 3.63) is 12.2 Å². The van der Waals surface area contributed by atoms with Crippen LogP contribution >= 0.6 is 0 Å². The molecule has 3 nitrogen and oxygen atoms in total. The lowest BCUT2D eigenvalue weighted by Crippen LogP contribution is -2.33. The topological polar surface area (TPSA) is 57.5 Å². The summed E-state index contributed by atoms with van der Waals surface area (Å²) >= 11 is 0. The number of fused-ring (bicyclic) bond motifs is 5. The van der Waals surface area contributed by atoms with E-state index in [9.17, 15) is 9.90 Å². The highest BCUT2D eigenvalue weighted by atomic mass is 16.4. The Bertz CT molecular complexity index is 1150. The lowest BCUT2D eigenvalue weighted by atomic mass is 9.75. The van der Waals surface area contributed by atoms with Crippen LogP contribution in [0.5, 0.6) is 0 Å². The molecule has 0 aliphatic heterocycles. The Labute approximate surface area is 296 Å². The largest absolute Gasteiger partial charge is 0.481 e. The Kier molecular flexibility index (Phi) is 10.7. The van der Waals surface area contributed by atoms with Crippen LogP contribution in [0.3, 0.4) is 0 Å². The van der Waals surface area contributed by atoms with Crippen molar-refractivity contribution >= 4 is 5.97 Å². The van der Waals surface area contributed by atoms with Crippen molar-refractivity contribution in [2.75, 3.05) is 0 Å². The van der Waals surface area contributed by atoms with Crippen LogP contribution in [0.4, 0.5) is 0 Å². The summed E-state index contributed by atoms with van der Waals surface area (Å²) in [4.78, 5) is 10.8. The van der Waals surface area contributed by atoms with Crippen LogP contribution in [-0.4, -0.2) is 22.3 Å². The average Bonchev–Trinajstić information content (AvgIpc) is 3.79. The van der Waals surface area contributed by atoms with E-state index in [1.807, 2.05) is 6.92 Å². The van der Waals surface area contributed by atoms with Gasteiger partial charge in [0.2, 0.25) is 0 Å². The second kappa shape index (κ2) is 14.0. The molecule has 0 aromatic rings. The SMILES string of the molecule is C=C1CCC2CC2C1C.CC1(C(=O)O)CCC2CC2C1.CC1(C)CC2CC2CC1O.CC1(C)CCC2CC2C1.CC1CCC2CC2C1C. The number of carboxylic acids is 1. The molecule has 274 valence electrons. The molecule has 10 fully saturated rings. The molecule has 0 saturated heterocycles. The van der Waals surface area contributed by atoms with Gasteiger partial charge in [-0.2, -0.15) is 0 Å². The van der Waals surface area contributed by atoms with E-state index in [-0.39, 0.29) is 11.5 Å². The molecule has 10 aliphatic rings. The summed E-state index contributed by atoms with van der Waals surface area (Å²) in [6, 6.07) is 0. The molecule has 2 N–H and O–H groups in total. The standard InChI is InChI=1S/C9H14O2.C9H16O.2C9H16.C9H14/c1-9(8(10)11)3-2-6-4-7(6)5-9;1-9(2)5-7-3-6(7)4-8(9)10;1-9(2)4-3-7-5-8(7)6-9;2*1-6-3-4-8-5-9(8)7(6)2/h6-7H,2-5H2,1H3,(H,10,11);6-8,10H,3-5H2,1-2H3;7-8H,3-6H2,1-2H3;6-9H,3-5H2,1-2H3;7-9H,1,3-5H2,2H3. The normalized spacial score (nSPS) is 49.8. The molecule has 0 heterocycles. The summed E-state index contributed by atoms with van der Waals surface area (Å²) in [5.74, 6) is 12.6. The molecule has 0 spiro atoms. The maximum atomic E-state index is 10.8. The molecular formula is C45H76O3. The minimum absolute atomic E-state index is 0.0313. The summed E-state index contributed by atoms with van der Waals surface area (Å²) in [5.41, 5.74) is 2.02. The number of carboxylic acid groups (broad SMARTS) is 1. The van der Waals surface area contributed by atoms with Crippen LogP contribution in [0.25, 0.3) is 0 Å². The van der Waals surface area contributed by atoms with E-state index < -0.39 is 11.4 Å². The van der Waals surface area contributed by atoms with Crippen LogP contribution in [0, 0.1) is 93.2 Å². The molecule has 0 aromatic carbocycles. The Hall–Kier alpha value is -0.830. The lowest BCUT2D eigenvalue weighted by molar-refractivity contribution is -0.149. The van der Waals surface area contributed by atoms with E-state index in [4.69, 9.17) is 5.11 Å². The van der Waals surface area contributed by atoms with Crippen molar-refractivity contribution < 1.29 is 15.0 Å². The van der Waals surface area contributed by atoms with Crippen molar-refractivity contribution in [3.63, 3.8) is 0 Å². The molecule has 10 rings (SSSR count). The van der Waals surface area contributed by atoms with Crippen molar-refractivity contribution in [2.24, 2.45) is 93.2 Å². The second-order valence-corrected chi connectivity index (χ2v) is 21.4. The van der Waals surface area contributed by atoms with E-state index in [1.54, 1.807) is 12.8 Å². The predicted octanol–water partition coefficient (Wildman–Crippen LogP) is 11.8. The van der Waals surface area contributed by atoms with Crippen molar-refractivity contribution in [2.45, 2.75) is 171 Å². The number of hydrogen-bond acceptors (Lipinski definition) is 2. The monoisotopic (exact) mass is 665 g/mol. The van der Waals surface area contributed by atoms with Gasteiger partial charge in [0.05, 0.1) is 11.5 Å². The minimum Gasteiger partial charge on any atom is -0.481 e. The fourth-order valence-corrected chi connectivity index (χ4v) is 11.4. The minimum atomic E-state index is -0.595. The lowest BCUT2D eigenvalue weighted by Gasteiger charge is -2.34. The van der Waals surface area contributed by atoms with E-state index in [0.717, 1.165) is 103 Å². The van der Waals surface area contributed by atoms with Gasteiger partial charge in [-0.3, -0.25) is 4.79 Å². The van der Waals surface area contributed by atoms with E-state index >= 15 is 0 Å². The molecule has 10 saturated carbocycles. The Morgan fingerprint density at radius 1 is 0.646 bits per heavy atom. The molecule has 15 unspecified atom stereocenters. The van der Waals surface area contributed by atoms with E-state index in [2.05, 4.69) is 55.0 Å². The highest BCUT2D eigenvalue weighted by molar-refractivity contribution is 5.74. The zero-order chi connectivity index (χ0) is 34.8. The Morgan fingerprint density at radius 2 is 1.23 bits per heavy atom. The third-order valence-electron chi connectivity index (χ3n) is 16.4. The van der Waals surface area contributed by atoms with Crippen LogP contribution < -0.4 is 0 Å². The number of carbonyl (C=O) groups is 1. The van der Waals surface area contributed by atoms with Crippen LogP contribution in [0.2, 0.25) is 0 Å². The third-order valence-corrected chi connectivity index (χ3v) is 16.4. The second-order valence-electron chi connectivity index (χ2n) is 21.4. The maximum Gasteiger partial charge on any atom is 0.309 e. The summed E-state index contributed by atoms with van der Waals surface area (Å²) < 4.78 is 0. The number of aliphatic carboxylic acids is 1. The highest BCUT2D eigenvalue weighted by Crippen LogP contribution is 2.58. The zero-order valence-corrected chi connectivity index (χ0v) is 32.6. The first-order valence-corrected chi connectivity index (χ1v) is 21.1. The van der Waals surface area contributed by atoms with Gasteiger partial charge in [-0.15, -0.1) is 0 Å². The van der Waals surface area contributed by atoms with Crippen molar-refractivity contribution in [1.29, 1.82) is 0 Å². The van der Waals surface area contributed by atoms with Gasteiger partial charge in [-0.05, 0) is 197 Å². The predicted molar refractivity (Wildman–Crippen MR) is 199 cm³/mol. The first kappa shape index (κ1) is 36.9. The average molecular weight is 665 g/mol. The molecular weight excluding hydrogens is 588 g/mol. The first-order chi connectivity index (χ1) is 22.5. The summed E-state index contributed by atoms with van der Waals surface area (Å²) in [7, 11) is 0. The van der Waals surface area contributed by atoms with Gasteiger partial charge in [0.1, 0.15) is 0 Å². The molecule has 10 aliphatic carbocycles. The molecule has 48 heavy (non-hydrogen) atoms. The number of rotatable bonds is 1. The molecule has 3 heteroatoms. The summed E-state index contributed by atoms with van der Waals surface area (Å²) in [6.45, 7) is 22.4. The van der Waals surface area contributed by atoms with Gasteiger partial charge in [-0.25, -0.2) is 0 Å². The van der Waals surface area contributed by atoms with E-state index in [1.165, 1.54) is 76.2 Å². The number of aliphatic hydroxyl groups excluding tert-OH is 1. The van der Waals surface area contributed by atoms with Crippen molar-refractivity contribution in [1.82, 2.24) is 0 Å². The van der Waals surface area contributed by atoms with Gasteiger partial charge in [0.25, 0.3) is 0 Å². The van der Waals surface area contributed by atoms with Crippen LogP contribution in [0.1, 0.15) is 165 Å². The third kappa shape index (κ3) is 9.14. The fourth-order valence-electron chi connectivity index (χ4n) is 11.4. The molecule has 0 bridgehead atoms. The van der Waals surface area contributed by atoms with Crippen molar-refractivity contribution in [3.8, 4) is 0 Å². The number of hydrogen-bond donors (Lipinski definition) is 2. The molecule has 0 radical (unpaired) electrons. The molecule has 0 amide bonds. The van der Waals surface area contributed by atoms with Crippen LogP contribution in [-0.2, 0) is 4.79 Å². The Balaban J connectivity index is 0.000000105. The first-order valence-electron chi connectivity index (χ1n) is 21.1. The smallest absolute Gasteiger partial charge is 0.309 e. The molecule has 0 aromatic heterocycles. The maximum absolute atomic E-state index is 10.8. The highest BCUT2D eigenvalue weighted by Gasteiger charge is 2.51. The quantitative estimate of drug-likeness (QED) is 0.274. The Morgan fingerprint density at radius 3 is 1.79 bits per heavy atom. The summed E-state index contributed by atoms with van der Waals surface area (Å²) in [5, 5.41) is 18.6. The van der Waals surface area contributed by atoms with Gasteiger partial charge >= 0.3 is 5.97 Å². The molecule has 15 atom stereocenters.